The number of aliphatic imine (C=N–C) groups is 1. The molecule has 0 saturated heterocycles. The Labute approximate surface area is 170 Å². The second kappa shape index (κ2) is 9.53. The normalized spacial score (nSPS) is 12.3. The van der Waals surface area contributed by atoms with Gasteiger partial charge in [-0.15, -0.1) is 0 Å². The Morgan fingerprint density at radius 3 is 2.69 bits per heavy atom. The van der Waals surface area contributed by atoms with Gasteiger partial charge in [0.1, 0.15) is 22.8 Å². The van der Waals surface area contributed by atoms with E-state index in [4.69, 9.17) is 4.42 Å². The van der Waals surface area contributed by atoms with Crippen molar-refractivity contribution < 1.29 is 12.8 Å². The van der Waals surface area contributed by atoms with Crippen LogP contribution in [0, 0.1) is 6.92 Å². The van der Waals surface area contributed by atoms with E-state index in [9.17, 15) is 8.42 Å². The summed E-state index contributed by atoms with van der Waals surface area (Å²) in [6, 6.07) is 11.0. The first-order chi connectivity index (χ1) is 14.0. The largest absolute Gasteiger partial charge is 0.459 e. The zero-order chi connectivity index (χ0) is 20.7. The number of hydrogen-bond acceptors (Lipinski definition) is 5. The summed E-state index contributed by atoms with van der Waals surface area (Å²) in [6.07, 6.45) is 2.85. The van der Waals surface area contributed by atoms with Crippen LogP contribution in [0.5, 0.6) is 0 Å². The number of furan rings is 1. The summed E-state index contributed by atoms with van der Waals surface area (Å²) in [6.45, 7) is 5.65. The van der Waals surface area contributed by atoms with Crippen LogP contribution in [0.4, 0.5) is 0 Å². The molecule has 154 valence electrons. The lowest BCUT2D eigenvalue weighted by atomic mass is 10.1. The maximum atomic E-state index is 12.2. The molecule has 0 bridgehead atoms. The molecule has 0 spiro atoms. The molecular weight excluding hydrogens is 390 g/mol. The molecule has 0 radical (unpaired) electrons. The van der Waals surface area contributed by atoms with Crippen molar-refractivity contribution in [1.29, 1.82) is 0 Å². The fourth-order valence-corrected chi connectivity index (χ4v) is 3.82. The van der Waals surface area contributed by atoms with Crippen LogP contribution in [0.15, 0.2) is 63.1 Å². The molecule has 1 aromatic carbocycles. The van der Waals surface area contributed by atoms with Crippen molar-refractivity contribution in [3.63, 3.8) is 0 Å². The number of fused-ring (bicyclic) bond motifs is 1. The van der Waals surface area contributed by atoms with Gasteiger partial charge in [-0.3, -0.25) is 4.98 Å². The van der Waals surface area contributed by atoms with Crippen LogP contribution in [-0.2, 0) is 16.6 Å². The van der Waals surface area contributed by atoms with E-state index in [0.717, 1.165) is 22.3 Å². The van der Waals surface area contributed by atoms with E-state index in [1.165, 1.54) is 18.5 Å². The predicted molar refractivity (Wildman–Crippen MR) is 113 cm³/mol. The lowest BCUT2D eigenvalue weighted by Gasteiger charge is -2.12. The van der Waals surface area contributed by atoms with Crippen LogP contribution in [0.25, 0.3) is 11.0 Å². The summed E-state index contributed by atoms with van der Waals surface area (Å²) in [7, 11) is -3.57. The van der Waals surface area contributed by atoms with Crippen LogP contribution in [0.2, 0.25) is 0 Å². The molecule has 2 heterocycles. The molecule has 0 saturated carbocycles. The molecule has 3 aromatic rings. The minimum Gasteiger partial charge on any atom is -0.459 e. The summed E-state index contributed by atoms with van der Waals surface area (Å²) in [5, 5.41) is 7.35. The number of nitrogens with one attached hydrogen (secondary N) is 3. The van der Waals surface area contributed by atoms with Crippen molar-refractivity contribution in [2.45, 2.75) is 25.3 Å². The Bertz CT molecular complexity index is 1080. The molecule has 2 aromatic heterocycles. The van der Waals surface area contributed by atoms with Gasteiger partial charge in [0.05, 0.1) is 0 Å². The maximum absolute atomic E-state index is 12.2. The van der Waals surface area contributed by atoms with Gasteiger partial charge in [0.15, 0.2) is 5.96 Å². The Balaban J connectivity index is 1.57. The second-order valence-corrected chi connectivity index (χ2v) is 8.12. The van der Waals surface area contributed by atoms with E-state index < -0.39 is 10.0 Å². The molecule has 0 aliphatic rings. The number of guanidine groups is 1. The third-order valence-electron chi connectivity index (χ3n) is 4.32. The van der Waals surface area contributed by atoms with Crippen molar-refractivity contribution in [3.8, 4) is 0 Å². The zero-order valence-corrected chi connectivity index (χ0v) is 17.3. The van der Waals surface area contributed by atoms with E-state index in [2.05, 4.69) is 25.3 Å². The molecule has 8 nitrogen and oxygen atoms in total. The van der Waals surface area contributed by atoms with Gasteiger partial charge in [-0.1, -0.05) is 18.2 Å². The van der Waals surface area contributed by atoms with Gasteiger partial charge in [0, 0.05) is 43.0 Å². The second-order valence-electron chi connectivity index (χ2n) is 6.35. The lowest BCUT2D eigenvalue weighted by Crippen LogP contribution is -2.41. The molecule has 0 amide bonds. The monoisotopic (exact) mass is 415 g/mol. The lowest BCUT2D eigenvalue weighted by molar-refractivity contribution is 0.548. The van der Waals surface area contributed by atoms with Gasteiger partial charge in [-0.05, 0) is 32.0 Å². The Kier molecular flexibility index (Phi) is 6.84. The standard InChI is InChI=1S/C20H25N5O3S/c1-3-22-20(23-11-12-25-29(26,27)16-7-6-10-21-13-16)24-14-19-15(2)17-8-4-5-9-18(17)28-19/h4-10,13,25H,3,11-12,14H2,1-2H3,(H2,22,23,24). The average Bonchev–Trinajstić information content (AvgIpc) is 3.06. The van der Waals surface area contributed by atoms with Gasteiger partial charge in [0.25, 0.3) is 0 Å². The van der Waals surface area contributed by atoms with Gasteiger partial charge in [-0.2, -0.15) is 0 Å². The van der Waals surface area contributed by atoms with Gasteiger partial charge < -0.3 is 15.1 Å². The minimum atomic E-state index is -3.57. The van der Waals surface area contributed by atoms with Crippen molar-refractivity contribution in [2.75, 3.05) is 19.6 Å². The van der Waals surface area contributed by atoms with Crippen LogP contribution in [-0.4, -0.2) is 39.0 Å². The molecule has 0 fully saturated rings. The first-order valence-corrected chi connectivity index (χ1v) is 10.9. The van der Waals surface area contributed by atoms with E-state index in [-0.39, 0.29) is 11.4 Å². The van der Waals surface area contributed by atoms with Crippen molar-refractivity contribution >= 4 is 27.0 Å². The number of aromatic nitrogens is 1. The highest BCUT2D eigenvalue weighted by Gasteiger charge is 2.13. The van der Waals surface area contributed by atoms with E-state index in [1.54, 1.807) is 6.07 Å². The molecule has 0 aliphatic heterocycles. The smallest absolute Gasteiger partial charge is 0.242 e. The molecular formula is C20H25N5O3S. The van der Waals surface area contributed by atoms with E-state index in [1.807, 2.05) is 38.1 Å². The van der Waals surface area contributed by atoms with Crippen LogP contribution in [0.3, 0.4) is 0 Å². The maximum Gasteiger partial charge on any atom is 0.242 e. The molecule has 9 heteroatoms. The number of hydrogen-bond donors (Lipinski definition) is 3. The van der Waals surface area contributed by atoms with Crippen LogP contribution in [0.1, 0.15) is 18.2 Å². The van der Waals surface area contributed by atoms with Gasteiger partial charge in [0.2, 0.25) is 10.0 Å². The number of nitrogens with zero attached hydrogens (tertiary/aromatic N) is 2. The van der Waals surface area contributed by atoms with Crippen molar-refractivity contribution in [1.82, 2.24) is 20.3 Å². The summed E-state index contributed by atoms with van der Waals surface area (Å²) in [5.41, 5.74) is 1.92. The summed E-state index contributed by atoms with van der Waals surface area (Å²) in [5.74, 6) is 1.40. The highest BCUT2D eigenvalue weighted by atomic mass is 32.2. The number of aryl methyl sites for hydroxylation is 1. The number of para-hydroxylation sites is 1. The number of sulfonamides is 1. The van der Waals surface area contributed by atoms with Crippen LogP contribution >= 0.6 is 0 Å². The predicted octanol–water partition coefficient (Wildman–Crippen LogP) is 2.17. The molecule has 0 atom stereocenters. The van der Waals surface area contributed by atoms with E-state index >= 15 is 0 Å². The average molecular weight is 416 g/mol. The zero-order valence-electron chi connectivity index (χ0n) is 16.5. The quantitative estimate of drug-likeness (QED) is 0.296. The third-order valence-corrected chi connectivity index (χ3v) is 5.77. The first-order valence-electron chi connectivity index (χ1n) is 9.40. The summed E-state index contributed by atoms with van der Waals surface area (Å²) in [4.78, 5) is 8.52. The van der Waals surface area contributed by atoms with Gasteiger partial charge >= 0.3 is 0 Å². The SMILES string of the molecule is CCNC(=NCc1oc2ccccc2c1C)NCCNS(=O)(=O)c1cccnc1. The minimum absolute atomic E-state index is 0.140. The molecule has 3 N–H and O–H groups in total. The Morgan fingerprint density at radius 2 is 1.97 bits per heavy atom. The fourth-order valence-electron chi connectivity index (χ4n) is 2.82. The fraction of sp³-hybridized carbons (Fsp3) is 0.300. The van der Waals surface area contributed by atoms with Crippen molar-refractivity contribution in [3.05, 3.63) is 60.1 Å². The molecule has 0 unspecified atom stereocenters. The highest BCUT2D eigenvalue weighted by molar-refractivity contribution is 7.89. The number of benzene rings is 1. The Hall–Kier alpha value is -2.91. The van der Waals surface area contributed by atoms with E-state index in [0.29, 0.717) is 25.6 Å². The Morgan fingerprint density at radius 1 is 1.14 bits per heavy atom. The molecule has 0 aliphatic carbocycles. The first kappa shape index (κ1) is 20.8. The summed E-state index contributed by atoms with van der Waals surface area (Å²) < 4.78 is 32.8. The van der Waals surface area contributed by atoms with Crippen LogP contribution < -0.4 is 15.4 Å². The summed E-state index contributed by atoms with van der Waals surface area (Å²) >= 11 is 0. The molecule has 3 rings (SSSR count). The molecule has 29 heavy (non-hydrogen) atoms. The third kappa shape index (κ3) is 5.33. The topological polar surface area (TPSA) is 109 Å². The van der Waals surface area contributed by atoms with Crippen molar-refractivity contribution in [2.24, 2.45) is 4.99 Å². The number of rotatable bonds is 8. The number of pyridine rings is 1. The van der Waals surface area contributed by atoms with Gasteiger partial charge in [-0.25, -0.2) is 18.1 Å². The highest BCUT2D eigenvalue weighted by Crippen LogP contribution is 2.25.